The molecule has 0 saturated carbocycles. The molecule has 0 aliphatic carbocycles. The molecule has 1 heterocycles. The van der Waals surface area contributed by atoms with Gasteiger partial charge in [0.2, 0.25) is 5.75 Å². The van der Waals surface area contributed by atoms with Gasteiger partial charge in [-0.1, -0.05) is 17.7 Å². The van der Waals surface area contributed by atoms with Crippen LogP contribution in [0.2, 0.25) is 5.02 Å². The van der Waals surface area contributed by atoms with E-state index in [0.29, 0.717) is 34.1 Å². The van der Waals surface area contributed by atoms with Gasteiger partial charge in [-0.3, -0.25) is 4.79 Å². The number of hydrogen-bond acceptors (Lipinski definition) is 5. The van der Waals surface area contributed by atoms with E-state index in [0.717, 1.165) is 0 Å². The quantitative estimate of drug-likeness (QED) is 0.606. The molecule has 2 aromatic carbocycles. The highest BCUT2D eigenvalue weighted by atomic mass is 35.5. The predicted octanol–water partition coefficient (Wildman–Crippen LogP) is 3.95. The SMILES string of the molecule is COc1cc2c(c(OC)c1OC)[C@H](c1ccc(F)cc1Cl)CC(=O)O2. The lowest BCUT2D eigenvalue weighted by Crippen LogP contribution is -2.22. The molecule has 132 valence electrons. The molecule has 25 heavy (non-hydrogen) atoms. The van der Waals surface area contributed by atoms with Gasteiger partial charge < -0.3 is 18.9 Å². The van der Waals surface area contributed by atoms with E-state index in [9.17, 15) is 9.18 Å². The second kappa shape index (κ2) is 6.80. The monoisotopic (exact) mass is 366 g/mol. The van der Waals surface area contributed by atoms with Gasteiger partial charge in [-0.15, -0.1) is 0 Å². The van der Waals surface area contributed by atoms with Gasteiger partial charge in [0.05, 0.1) is 27.8 Å². The first kappa shape index (κ1) is 17.4. The summed E-state index contributed by atoms with van der Waals surface area (Å²) in [6.07, 6.45) is 0.0458. The second-order valence-corrected chi connectivity index (χ2v) is 5.86. The number of methoxy groups -OCH3 is 3. The minimum atomic E-state index is -0.459. The van der Waals surface area contributed by atoms with Gasteiger partial charge in [0.25, 0.3) is 0 Å². The number of carbonyl (C=O) groups excluding carboxylic acids is 1. The average Bonchev–Trinajstić information content (AvgIpc) is 2.59. The molecule has 0 fully saturated rings. The number of benzene rings is 2. The minimum absolute atomic E-state index is 0.0458. The van der Waals surface area contributed by atoms with Crippen LogP contribution < -0.4 is 18.9 Å². The largest absolute Gasteiger partial charge is 0.493 e. The summed E-state index contributed by atoms with van der Waals surface area (Å²) in [5.74, 6) is 0.102. The third-order valence-electron chi connectivity index (χ3n) is 4.11. The van der Waals surface area contributed by atoms with E-state index in [2.05, 4.69) is 0 Å². The van der Waals surface area contributed by atoms with Crippen LogP contribution in [0.1, 0.15) is 23.5 Å². The Morgan fingerprint density at radius 1 is 1.12 bits per heavy atom. The summed E-state index contributed by atoms with van der Waals surface area (Å²) in [6.45, 7) is 0. The number of fused-ring (bicyclic) bond motifs is 1. The zero-order valence-electron chi connectivity index (χ0n) is 13.9. The lowest BCUT2D eigenvalue weighted by Gasteiger charge is -2.28. The van der Waals surface area contributed by atoms with Gasteiger partial charge in [-0.2, -0.15) is 0 Å². The maximum atomic E-state index is 13.4. The van der Waals surface area contributed by atoms with Crippen molar-refractivity contribution in [2.24, 2.45) is 0 Å². The molecular weight excluding hydrogens is 351 g/mol. The number of halogens is 2. The van der Waals surface area contributed by atoms with E-state index in [-0.39, 0.29) is 11.4 Å². The molecule has 3 rings (SSSR count). The first-order valence-corrected chi connectivity index (χ1v) is 7.86. The Balaban J connectivity index is 2.27. The zero-order valence-corrected chi connectivity index (χ0v) is 14.6. The van der Waals surface area contributed by atoms with Crippen molar-refractivity contribution in [3.63, 3.8) is 0 Å². The fourth-order valence-electron chi connectivity index (χ4n) is 3.05. The van der Waals surface area contributed by atoms with Crippen molar-refractivity contribution in [1.29, 1.82) is 0 Å². The maximum Gasteiger partial charge on any atom is 0.312 e. The Morgan fingerprint density at radius 2 is 1.84 bits per heavy atom. The van der Waals surface area contributed by atoms with Crippen LogP contribution in [-0.2, 0) is 4.79 Å². The molecule has 0 spiro atoms. The van der Waals surface area contributed by atoms with Crippen LogP contribution in [0.3, 0.4) is 0 Å². The fraction of sp³-hybridized carbons (Fsp3) is 0.278. The van der Waals surface area contributed by atoms with Crippen LogP contribution in [0.5, 0.6) is 23.0 Å². The zero-order chi connectivity index (χ0) is 18.1. The standard InChI is InChI=1S/C18H16ClFO5/c1-22-14-8-13-16(18(24-3)17(14)23-2)11(7-15(21)25-13)10-5-4-9(20)6-12(10)19/h4-6,8,11H,7H2,1-3H3/t11-/m0/s1. The van der Waals surface area contributed by atoms with Crippen LogP contribution in [0.4, 0.5) is 4.39 Å². The highest BCUT2D eigenvalue weighted by Gasteiger charge is 2.36. The molecule has 1 atom stereocenters. The number of carbonyl (C=O) groups is 1. The van der Waals surface area contributed by atoms with Crippen molar-refractivity contribution in [2.45, 2.75) is 12.3 Å². The molecule has 5 nitrogen and oxygen atoms in total. The van der Waals surface area contributed by atoms with Crippen molar-refractivity contribution in [1.82, 2.24) is 0 Å². The van der Waals surface area contributed by atoms with E-state index in [1.807, 2.05) is 0 Å². The molecule has 0 amide bonds. The van der Waals surface area contributed by atoms with Crippen molar-refractivity contribution in [2.75, 3.05) is 21.3 Å². The molecular formula is C18H16ClFO5. The van der Waals surface area contributed by atoms with Crippen LogP contribution >= 0.6 is 11.6 Å². The first-order chi connectivity index (χ1) is 12.0. The Hall–Kier alpha value is -2.47. The molecule has 1 aliphatic heterocycles. The number of ether oxygens (including phenoxy) is 4. The van der Waals surface area contributed by atoms with Crippen molar-refractivity contribution in [3.05, 3.63) is 46.2 Å². The molecule has 0 bridgehead atoms. The van der Waals surface area contributed by atoms with Crippen LogP contribution in [0, 0.1) is 5.82 Å². The number of rotatable bonds is 4. The lowest BCUT2D eigenvalue weighted by atomic mass is 9.85. The lowest BCUT2D eigenvalue weighted by molar-refractivity contribution is -0.135. The Bertz CT molecular complexity index is 837. The molecule has 2 aromatic rings. The smallest absolute Gasteiger partial charge is 0.312 e. The average molecular weight is 367 g/mol. The van der Waals surface area contributed by atoms with Crippen molar-refractivity contribution < 1.29 is 28.1 Å². The molecule has 0 saturated heterocycles. The summed E-state index contributed by atoms with van der Waals surface area (Å²) < 4.78 is 35.0. The summed E-state index contributed by atoms with van der Waals surface area (Å²) in [5, 5.41) is 0.225. The van der Waals surface area contributed by atoms with Gasteiger partial charge in [0.1, 0.15) is 11.6 Å². The van der Waals surface area contributed by atoms with E-state index in [1.54, 1.807) is 12.1 Å². The number of hydrogen-bond donors (Lipinski definition) is 0. The Kier molecular flexibility index (Phi) is 4.72. The maximum absolute atomic E-state index is 13.4. The summed E-state index contributed by atoms with van der Waals surface area (Å²) in [6, 6.07) is 5.64. The molecule has 0 N–H and O–H groups in total. The topological polar surface area (TPSA) is 54.0 Å². The molecule has 0 aromatic heterocycles. The predicted molar refractivity (Wildman–Crippen MR) is 89.6 cm³/mol. The molecule has 1 aliphatic rings. The second-order valence-electron chi connectivity index (χ2n) is 5.45. The van der Waals surface area contributed by atoms with E-state index in [1.165, 1.54) is 33.5 Å². The molecule has 0 radical (unpaired) electrons. The van der Waals surface area contributed by atoms with E-state index < -0.39 is 17.7 Å². The van der Waals surface area contributed by atoms with Crippen LogP contribution in [0.25, 0.3) is 0 Å². The van der Waals surface area contributed by atoms with Gasteiger partial charge >= 0.3 is 5.97 Å². The van der Waals surface area contributed by atoms with E-state index in [4.69, 9.17) is 30.5 Å². The highest BCUT2D eigenvalue weighted by molar-refractivity contribution is 6.31. The third kappa shape index (κ3) is 2.98. The van der Waals surface area contributed by atoms with Crippen molar-refractivity contribution >= 4 is 17.6 Å². The van der Waals surface area contributed by atoms with Crippen LogP contribution in [0.15, 0.2) is 24.3 Å². The minimum Gasteiger partial charge on any atom is -0.493 e. The van der Waals surface area contributed by atoms with E-state index >= 15 is 0 Å². The summed E-state index contributed by atoms with van der Waals surface area (Å²) in [5.41, 5.74) is 1.21. The third-order valence-corrected chi connectivity index (χ3v) is 4.44. The summed E-state index contributed by atoms with van der Waals surface area (Å²) >= 11 is 6.22. The Morgan fingerprint density at radius 3 is 2.44 bits per heavy atom. The van der Waals surface area contributed by atoms with Crippen molar-refractivity contribution in [3.8, 4) is 23.0 Å². The summed E-state index contributed by atoms with van der Waals surface area (Å²) in [7, 11) is 4.45. The van der Waals surface area contributed by atoms with Gasteiger partial charge in [-0.05, 0) is 17.7 Å². The first-order valence-electron chi connectivity index (χ1n) is 7.48. The highest BCUT2D eigenvalue weighted by Crippen LogP contribution is 2.52. The normalized spacial score (nSPS) is 16.0. The van der Waals surface area contributed by atoms with Gasteiger partial charge in [0.15, 0.2) is 11.5 Å². The Labute approximate surface area is 149 Å². The fourth-order valence-corrected chi connectivity index (χ4v) is 3.35. The van der Waals surface area contributed by atoms with Gasteiger partial charge in [-0.25, -0.2) is 4.39 Å². The summed E-state index contributed by atoms with van der Waals surface area (Å²) in [4.78, 5) is 12.1. The molecule has 0 unspecified atom stereocenters. The number of esters is 1. The van der Waals surface area contributed by atoms with Gasteiger partial charge in [0, 0.05) is 22.6 Å². The molecule has 7 heteroatoms. The van der Waals surface area contributed by atoms with Crippen LogP contribution in [-0.4, -0.2) is 27.3 Å².